The highest BCUT2D eigenvalue weighted by molar-refractivity contribution is 5.83. The Morgan fingerprint density at radius 1 is 1.22 bits per heavy atom. The zero-order valence-corrected chi connectivity index (χ0v) is 10.8. The number of hydrogen-bond acceptors (Lipinski definition) is 3. The van der Waals surface area contributed by atoms with E-state index in [0.29, 0.717) is 11.1 Å². The molecule has 0 bridgehead atoms. The van der Waals surface area contributed by atoms with Gasteiger partial charge in [0.15, 0.2) is 0 Å². The van der Waals surface area contributed by atoms with Crippen LogP contribution < -0.4 is 5.63 Å². The van der Waals surface area contributed by atoms with Crippen molar-refractivity contribution in [3.63, 3.8) is 0 Å². The Kier molecular flexibility index (Phi) is 3.20. The summed E-state index contributed by atoms with van der Waals surface area (Å²) in [6.07, 6.45) is 1.83. The minimum Gasteiger partial charge on any atom is -0.422 e. The second kappa shape index (κ2) is 4.66. The van der Waals surface area contributed by atoms with E-state index in [9.17, 15) is 4.79 Å². The van der Waals surface area contributed by atoms with Crippen LogP contribution in [-0.4, -0.2) is 0 Å². The van der Waals surface area contributed by atoms with Crippen molar-refractivity contribution in [3.8, 4) is 6.07 Å². The summed E-state index contributed by atoms with van der Waals surface area (Å²) >= 11 is 0. The van der Waals surface area contributed by atoms with Crippen molar-refractivity contribution in [1.82, 2.24) is 0 Å². The second-order valence-electron chi connectivity index (χ2n) is 4.33. The summed E-state index contributed by atoms with van der Waals surface area (Å²) in [5, 5.41) is 9.84. The first-order chi connectivity index (χ1) is 8.62. The molecule has 0 aliphatic heterocycles. The van der Waals surface area contributed by atoms with Crippen molar-refractivity contribution < 1.29 is 4.42 Å². The Bertz CT molecular complexity index is 705. The summed E-state index contributed by atoms with van der Waals surface area (Å²) in [6, 6.07) is 5.87. The molecule has 92 valence electrons. The van der Waals surface area contributed by atoms with Gasteiger partial charge in [0.2, 0.25) is 0 Å². The molecule has 0 unspecified atom stereocenters. The standard InChI is InChI=1S/C15H15NO2/c1-4-10-6-12-9(3)13(8-16)15(17)18-14(12)7-11(10)5-2/h6-7H,4-5H2,1-3H3. The van der Waals surface area contributed by atoms with Gasteiger partial charge in [-0.1, -0.05) is 13.8 Å². The van der Waals surface area contributed by atoms with Gasteiger partial charge in [0, 0.05) is 5.39 Å². The largest absolute Gasteiger partial charge is 0.422 e. The van der Waals surface area contributed by atoms with E-state index in [1.165, 1.54) is 11.1 Å². The van der Waals surface area contributed by atoms with Gasteiger partial charge in [-0.15, -0.1) is 0 Å². The molecule has 0 saturated carbocycles. The summed E-state index contributed by atoms with van der Waals surface area (Å²) in [4.78, 5) is 11.6. The fourth-order valence-corrected chi connectivity index (χ4v) is 2.27. The van der Waals surface area contributed by atoms with E-state index < -0.39 is 5.63 Å². The van der Waals surface area contributed by atoms with Crippen molar-refractivity contribution in [3.05, 3.63) is 44.8 Å². The van der Waals surface area contributed by atoms with Gasteiger partial charge in [-0.05, 0) is 48.6 Å². The molecule has 0 fully saturated rings. The van der Waals surface area contributed by atoms with E-state index in [1.54, 1.807) is 6.92 Å². The Morgan fingerprint density at radius 3 is 2.39 bits per heavy atom. The molecule has 0 aliphatic carbocycles. The van der Waals surface area contributed by atoms with E-state index in [4.69, 9.17) is 9.68 Å². The molecular formula is C15H15NO2. The number of aryl methyl sites for hydroxylation is 3. The van der Waals surface area contributed by atoms with E-state index >= 15 is 0 Å². The fraction of sp³-hybridized carbons (Fsp3) is 0.333. The quantitative estimate of drug-likeness (QED) is 0.759. The van der Waals surface area contributed by atoms with Gasteiger partial charge in [0.05, 0.1) is 0 Å². The van der Waals surface area contributed by atoms with E-state index in [1.807, 2.05) is 18.2 Å². The van der Waals surface area contributed by atoms with Gasteiger partial charge in [-0.25, -0.2) is 4.79 Å². The van der Waals surface area contributed by atoms with Crippen LogP contribution in [0, 0.1) is 18.3 Å². The molecule has 1 aromatic heterocycles. The zero-order chi connectivity index (χ0) is 13.3. The number of fused-ring (bicyclic) bond motifs is 1. The highest BCUT2D eigenvalue weighted by Crippen LogP contribution is 2.24. The first-order valence-corrected chi connectivity index (χ1v) is 6.11. The van der Waals surface area contributed by atoms with Gasteiger partial charge in [0.25, 0.3) is 0 Å². The number of nitriles is 1. The summed E-state index contributed by atoms with van der Waals surface area (Å²) in [5.41, 5.74) is 3.28. The summed E-state index contributed by atoms with van der Waals surface area (Å²) in [7, 11) is 0. The first-order valence-electron chi connectivity index (χ1n) is 6.11. The molecule has 1 aromatic carbocycles. The normalized spacial score (nSPS) is 10.6. The molecule has 0 saturated heterocycles. The topological polar surface area (TPSA) is 54.0 Å². The molecule has 1 heterocycles. The molecule has 0 aliphatic rings. The Labute approximate surface area is 106 Å². The zero-order valence-electron chi connectivity index (χ0n) is 10.8. The fourth-order valence-electron chi connectivity index (χ4n) is 2.27. The third-order valence-electron chi connectivity index (χ3n) is 3.36. The smallest absolute Gasteiger partial charge is 0.354 e. The molecule has 3 heteroatoms. The Morgan fingerprint density at radius 2 is 1.83 bits per heavy atom. The second-order valence-corrected chi connectivity index (χ2v) is 4.33. The molecule has 2 aromatic rings. The van der Waals surface area contributed by atoms with Crippen molar-refractivity contribution in [1.29, 1.82) is 5.26 Å². The average molecular weight is 241 g/mol. The number of rotatable bonds is 2. The van der Waals surface area contributed by atoms with E-state index in [-0.39, 0.29) is 5.56 Å². The highest BCUT2D eigenvalue weighted by atomic mass is 16.4. The maximum atomic E-state index is 11.6. The van der Waals surface area contributed by atoms with Crippen molar-refractivity contribution in [2.24, 2.45) is 0 Å². The van der Waals surface area contributed by atoms with Crippen molar-refractivity contribution >= 4 is 11.0 Å². The van der Waals surface area contributed by atoms with Crippen LogP contribution in [0.15, 0.2) is 21.3 Å². The molecule has 0 amide bonds. The number of hydrogen-bond donors (Lipinski definition) is 0. The highest BCUT2D eigenvalue weighted by Gasteiger charge is 2.12. The van der Waals surface area contributed by atoms with E-state index in [2.05, 4.69) is 13.8 Å². The van der Waals surface area contributed by atoms with Crippen molar-refractivity contribution in [2.75, 3.05) is 0 Å². The summed E-state index contributed by atoms with van der Waals surface area (Å²) in [5.74, 6) is 0. The summed E-state index contributed by atoms with van der Waals surface area (Å²) in [6.45, 7) is 5.97. The van der Waals surface area contributed by atoms with Crippen LogP contribution in [0.5, 0.6) is 0 Å². The van der Waals surface area contributed by atoms with Gasteiger partial charge < -0.3 is 4.42 Å². The lowest BCUT2D eigenvalue weighted by Crippen LogP contribution is -2.07. The maximum absolute atomic E-state index is 11.6. The van der Waals surface area contributed by atoms with Crippen LogP contribution in [0.1, 0.15) is 36.1 Å². The van der Waals surface area contributed by atoms with Crippen LogP contribution in [-0.2, 0) is 12.8 Å². The van der Waals surface area contributed by atoms with Crippen molar-refractivity contribution in [2.45, 2.75) is 33.6 Å². The Balaban J connectivity index is 2.91. The van der Waals surface area contributed by atoms with Crippen LogP contribution in [0.4, 0.5) is 0 Å². The molecule has 0 spiro atoms. The van der Waals surface area contributed by atoms with Crippen LogP contribution >= 0.6 is 0 Å². The van der Waals surface area contributed by atoms with Gasteiger partial charge in [-0.3, -0.25) is 0 Å². The molecule has 2 rings (SSSR count). The SMILES string of the molecule is CCc1cc2oc(=O)c(C#N)c(C)c2cc1CC. The van der Waals surface area contributed by atoms with Crippen LogP contribution in [0.25, 0.3) is 11.0 Å². The molecule has 0 radical (unpaired) electrons. The van der Waals surface area contributed by atoms with Crippen LogP contribution in [0.3, 0.4) is 0 Å². The number of benzene rings is 1. The first kappa shape index (κ1) is 12.4. The predicted octanol–water partition coefficient (Wildman–Crippen LogP) is 3.10. The molecule has 3 nitrogen and oxygen atoms in total. The minimum atomic E-state index is -0.547. The molecule has 0 atom stereocenters. The van der Waals surface area contributed by atoms with E-state index in [0.717, 1.165) is 18.2 Å². The Hall–Kier alpha value is -2.08. The molecular weight excluding hydrogens is 226 g/mol. The number of nitrogens with zero attached hydrogens (tertiary/aromatic N) is 1. The molecule has 0 N–H and O–H groups in total. The third kappa shape index (κ3) is 1.80. The lowest BCUT2D eigenvalue weighted by Gasteiger charge is -2.09. The third-order valence-corrected chi connectivity index (χ3v) is 3.36. The van der Waals surface area contributed by atoms with Gasteiger partial charge >= 0.3 is 5.63 Å². The maximum Gasteiger partial charge on any atom is 0.354 e. The van der Waals surface area contributed by atoms with Gasteiger partial charge in [-0.2, -0.15) is 5.26 Å². The average Bonchev–Trinajstić information content (AvgIpc) is 2.37. The molecule has 18 heavy (non-hydrogen) atoms. The lowest BCUT2D eigenvalue weighted by atomic mass is 9.97. The van der Waals surface area contributed by atoms with Gasteiger partial charge in [0.1, 0.15) is 17.2 Å². The lowest BCUT2D eigenvalue weighted by molar-refractivity contribution is 0.556. The minimum absolute atomic E-state index is 0.105. The van der Waals surface area contributed by atoms with Crippen LogP contribution in [0.2, 0.25) is 0 Å². The predicted molar refractivity (Wildman–Crippen MR) is 70.7 cm³/mol. The summed E-state index contributed by atoms with van der Waals surface area (Å²) < 4.78 is 5.23. The monoisotopic (exact) mass is 241 g/mol.